The predicted molar refractivity (Wildman–Crippen MR) is 65.6 cm³/mol. The molecule has 17 heavy (non-hydrogen) atoms. The zero-order valence-electron chi connectivity index (χ0n) is 9.20. The summed E-state index contributed by atoms with van der Waals surface area (Å²) in [7, 11) is 0. The molecular formula is C12H13NO3S. The van der Waals surface area contributed by atoms with Gasteiger partial charge in [0.25, 0.3) is 0 Å². The lowest BCUT2D eigenvalue weighted by Gasteiger charge is -2.34. The molecule has 1 fully saturated rings. The Balaban J connectivity index is 2.23. The second-order valence-electron chi connectivity index (χ2n) is 3.80. The van der Waals surface area contributed by atoms with Gasteiger partial charge in [0, 0.05) is 12.2 Å². The van der Waals surface area contributed by atoms with Gasteiger partial charge in [0.1, 0.15) is 11.9 Å². The summed E-state index contributed by atoms with van der Waals surface area (Å²) >= 11 is 1.61. The van der Waals surface area contributed by atoms with E-state index in [1.165, 1.54) is 4.90 Å². The Morgan fingerprint density at radius 3 is 2.76 bits per heavy atom. The van der Waals surface area contributed by atoms with E-state index in [0.717, 1.165) is 11.3 Å². The van der Waals surface area contributed by atoms with Gasteiger partial charge in [0.2, 0.25) is 5.91 Å². The van der Waals surface area contributed by atoms with Crippen LogP contribution >= 0.6 is 11.8 Å². The first-order valence-electron chi connectivity index (χ1n) is 5.36. The van der Waals surface area contributed by atoms with E-state index in [-0.39, 0.29) is 17.8 Å². The average Bonchev–Trinajstić information content (AvgIpc) is 2.32. The number of carbonyl (C=O) groups excluding carboxylic acids is 1. The Bertz CT molecular complexity index is 421. The molecule has 2 rings (SSSR count). The molecule has 0 saturated carbocycles. The fourth-order valence-electron chi connectivity index (χ4n) is 1.83. The van der Waals surface area contributed by atoms with E-state index in [1.807, 2.05) is 30.3 Å². The van der Waals surface area contributed by atoms with Crippen LogP contribution in [0.15, 0.2) is 30.3 Å². The fraction of sp³-hybridized carbons (Fsp3) is 0.333. The van der Waals surface area contributed by atoms with E-state index in [1.54, 1.807) is 11.8 Å². The highest BCUT2D eigenvalue weighted by Gasteiger charge is 2.30. The van der Waals surface area contributed by atoms with Gasteiger partial charge in [-0.1, -0.05) is 30.3 Å². The lowest BCUT2D eigenvalue weighted by atomic mass is 10.2. The SMILES string of the molecule is O=C(O)CN1C(=O)CCSC1c1ccccc1. The summed E-state index contributed by atoms with van der Waals surface area (Å²) < 4.78 is 0. The van der Waals surface area contributed by atoms with Crippen LogP contribution in [0.1, 0.15) is 17.4 Å². The summed E-state index contributed by atoms with van der Waals surface area (Å²) in [6.45, 7) is -0.231. The van der Waals surface area contributed by atoms with Gasteiger partial charge in [-0.05, 0) is 5.56 Å². The van der Waals surface area contributed by atoms with Crippen LogP contribution in [0.5, 0.6) is 0 Å². The van der Waals surface area contributed by atoms with Gasteiger partial charge < -0.3 is 10.0 Å². The van der Waals surface area contributed by atoms with E-state index in [0.29, 0.717) is 6.42 Å². The largest absolute Gasteiger partial charge is 0.480 e. The molecule has 1 aromatic rings. The number of carboxylic acid groups (broad SMARTS) is 1. The average molecular weight is 251 g/mol. The summed E-state index contributed by atoms with van der Waals surface area (Å²) in [4.78, 5) is 24.0. The van der Waals surface area contributed by atoms with Crippen molar-refractivity contribution >= 4 is 23.6 Å². The van der Waals surface area contributed by atoms with Gasteiger partial charge >= 0.3 is 5.97 Å². The second kappa shape index (κ2) is 5.23. The number of aliphatic carboxylic acids is 1. The zero-order chi connectivity index (χ0) is 12.3. The highest BCUT2D eigenvalue weighted by Crippen LogP contribution is 2.36. The number of nitrogens with zero attached hydrogens (tertiary/aromatic N) is 1. The van der Waals surface area contributed by atoms with E-state index < -0.39 is 5.97 Å². The maximum Gasteiger partial charge on any atom is 0.323 e. The first-order valence-corrected chi connectivity index (χ1v) is 6.41. The third kappa shape index (κ3) is 2.79. The Morgan fingerprint density at radius 1 is 1.41 bits per heavy atom. The minimum Gasteiger partial charge on any atom is -0.480 e. The van der Waals surface area contributed by atoms with E-state index in [9.17, 15) is 9.59 Å². The maximum atomic E-state index is 11.8. The Kier molecular flexibility index (Phi) is 3.68. The first-order chi connectivity index (χ1) is 8.18. The smallest absolute Gasteiger partial charge is 0.323 e. The minimum absolute atomic E-state index is 0.0833. The molecule has 1 heterocycles. The molecule has 0 aliphatic carbocycles. The normalized spacial score (nSPS) is 20.4. The Hall–Kier alpha value is -1.49. The molecule has 1 aliphatic heterocycles. The lowest BCUT2D eigenvalue weighted by molar-refractivity contribution is -0.145. The number of hydrogen-bond donors (Lipinski definition) is 1. The van der Waals surface area contributed by atoms with Crippen molar-refractivity contribution in [1.82, 2.24) is 4.90 Å². The van der Waals surface area contributed by atoms with Crippen LogP contribution < -0.4 is 0 Å². The van der Waals surface area contributed by atoms with Crippen LogP contribution in [-0.2, 0) is 9.59 Å². The molecular weight excluding hydrogens is 238 g/mol. The van der Waals surface area contributed by atoms with Crippen molar-refractivity contribution in [3.8, 4) is 0 Å². The molecule has 4 nitrogen and oxygen atoms in total. The van der Waals surface area contributed by atoms with Crippen molar-refractivity contribution in [2.75, 3.05) is 12.3 Å². The van der Waals surface area contributed by atoms with Crippen molar-refractivity contribution in [2.45, 2.75) is 11.8 Å². The van der Waals surface area contributed by atoms with Gasteiger partial charge in [-0.2, -0.15) is 0 Å². The third-order valence-electron chi connectivity index (χ3n) is 2.59. The number of hydrogen-bond acceptors (Lipinski definition) is 3. The van der Waals surface area contributed by atoms with Crippen LogP contribution in [0.3, 0.4) is 0 Å². The number of amides is 1. The predicted octanol–water partition coefficient (Wildman–Crippen LogP) is 1.74. The van der Waals surface area contributed by atoms with Gasteiger partial charge in [-0.3, -0.25) is 9.59 Å². The molecule has 0 aromatic heterocycles. The second-order valence-corrected chi connectivity index (χ2v) is 4.99. The third-order valence-corrected chi connectivity index (χ3v) is 3.87. The number of thioether (sulfide) groups is 1. The number of carboxylic acids is 1. The van der Waals surface area contributed by atoms with Crippen LogP contribution in [0.25, 0.3) is 0 Å². The molecule has 1 N–H and O–H groups in total. The van der Waals surface area contributed by atoms with Crippen molar-refractivity contribution < 1.29 is 14.7 Å². The summed E-state index contributed by atoms with van der Waals surface area (Å²) in [5, 5.41) is 8.67. The molecule has 1 aliphatic rings. The van der Waals surface area contributed by atoms with E-state index >= 15 is 0 Å². The molecule has 1 saturated heterocycles. The fourth-order valence-corrected chi connectivity index (χ4v) is 3.07. The van der Waals surface area contributed by atoms with Crippen LogP contribution in [-0.4, -0.2) is 34.2 Å². The highest BCUT2D eigenvalue weighted by molar-refractivity contribution is 7.99. The molecule has 1 amide bonds. The number of rotatable bonds is 3. The molecule has 0 bridgehead atoms. The molecule has 0 radical (unpaired) electrons. The Labute approximate surface area is 104 Å². The maximum absolute atomic E-state index is 11.8. The molecule has 1 unspecified atom stereocenters. The van der Waals surface area contributed by atoms with Gasteiger partial charge in [-0.25, -0.2) is 0 Å². The van der Waals surface area contributed by atoms with Crippen molar-refractivity contribution in [3.05, 3.63) is 35.9 Å². The van der Waals surface area contributed by atoms with Gasteiger partial charge in [0.15, 0.2) is 0 Å². The van der Waals surface area contributed by atoms with Crippen LogP contribution in [0.4, 0.5) is 0 Å². The standard InChI is InChI=1S/C12H13NO3S/c14-10-6-7-17-12(13(10)8-11(15)16)9-4-2-1-3-5-9/h1-5,12H,6-8H2,(H,15,16). The molecule has 1 atom stereocenters. The monoisotopic (exact) mass is 251 g/mol. The number of benzene rings is 1. The molecule has 90 valence electrons. The highest BCUT2D eigenvalue weighted by atomic mass is 32.2. The number of carbonyl (C=O) groups is 2. The Morgan fingerprint density at radius 2 is 2.12 bits per heavy atom. The topological polar surface area (TPSA) is 57.6 Å². The molecule has 5 heteroatoms. The van der Waals surface area contributed by atoms with Crippen molar-refractivity contribution in [1.29, 1.82) is 0 Å². The minimum atomic E-state index is -0.971. The van der Waals surface area contributed by atoms with E-state index in [2.05, 4.69) is 0 Å². The van der Waals surface area contributed by atoms with Crippen molar-refractivity contribution in [2.24, 2.45) is 0 Å². The van der Waals surface area contributed by atoms with Gasteiger partial charge in [-0.15, -0.1) is 11.8 Å². The lowest BCUT2D eigenvalue weighted by Crippen LogP contribution is -2.40. The molecule has 1 aromatic carbocycles. The summed E-state index contributed by atoms with van der Waals surface area (Å²) in [6.07, 6.45) is 0.418. The summed E-state index contributed by atoms with van der Waals surface area (Å²) in [5.41, 5.74) is 0.979. The zero-order valence-corrected chi connectivity index (χ0v) is 10.0. The quantitative estimate of drug-likeness (QED) is 0.889. The summed E-state index contributed by atoms with van der Waals surface area (Å²) in [5.74, 6) is -0.309. The first kappa shape index (κ1) is 12.0. The van der Waals surface area contributed by atoms with Gasteiger partial charge in [0.05, 0.1) is 0 Å². The van der Waals surface area contributed by atoms with Crippen molar-refractivity contribution in [3.63, 3.8) is 0 Å². The van der Waals surface area contributed by atoms with E-state index in [4.69, 9.17) is 5.11 Å². The van der Waals surface area contributed by atoms with Crippen LogP contribution in [0, 0.1) is 0 Å². The summed E-state index contributed by atoms with van der Waals surface area (Å²) in [6, 6.07) is 9.54. The van der Waals surface area contributed by atoms with Crippen LogP contribution in [0.2, 0.25) is 0 Å². The molecule has 0 spiro atoms.